The number of rotatable bonds is 4. The van der Waals surface area contributed by atoms with Gasteiger partial charge in [-0.15, -0.1) is 0 Å². The zero-order valence-corrected chi connectivity index (χ0v) is 10.4. The molecule has 1 aliphatic rings. The number of aromatic nitrogens is 2. The van der Waals surface area contributed by atoms with Gasteiger partial charge in [0.25, 0.3) is 0 Å². The lowest BCUT2D eigenvalue weighted by molar-refractivity contribution is -0.154. The van der Waals surface area contributed by atoms with Gasteiger partial charge in [0, 0.05) is 32.0 Å². The summed E-state index contributed by atoms with van der Waals surface area (Å²) in [6, 6.07) is -0.269. The topological polar surface area (TPSA) is 96.7 Å². The number of aliphatic carboxylic acids is 1. The van der Waals surface area contributed by atoms with Crippen LogP contribution in [-0.4, -0.2) is 63.9 Å². The molecule has 1 fully saturated rings. The smallest absolute Gasteiger partial charge is 0.334 e. The summed E-state index contributed by atoms with van der Waals surface area (Å²) in [5.74, 6) is -1.05. The highest BCUT2D eigenvalue weighted by atomic mass is 16.5. The Hall–Kier alpha value is -2.09. The lowest BCUT2D eigenvalue weighted by atomic mass is 10.3. The first-order valence-corrected chi connectivity index (χ1v) is 6.00. The summed E-state index contributed by atoms with van der Waals surface area (Å²) in [6.45, 7) is 1.81. The molecule has 0 aromatic carbocycles. The minimum atomic E-state index is -1.05. The normalized spacial score (nSPS) is 19.2. The lowest BCUT2D eigenvalue weighted by Gasteiger charge is -2.30. The van der Waals surface area contributed by atoms with E-state index in [9.17, 15) is 9.59 Å². The molecule has 2 heterocycles. The number of hydrogen-bond donors (Lipinski definition) is 2. The van der Waals surface area contributed by atoms with Crippen LogP contribution in [0.15, 0.2) is 18.7 Å². The van der Waals surface area contributed by atoms with Gasteiger partial charge in [0.2, 0.25) is 0 Å². The van der Waals surface area contributed by atoms with Crippen LogP contribution >= 0.6 is 0 Å². The summed E-state index contributed by atoms with van der Waals surface area (Å²) in [5.41, 5.74) is 0. The molecule has 2 N–H and O–H groups in total. The van der Waals surface area contributed by atoms with Crippen LogP contribution in [0.3, 0.4) is 0 Å². The number of nitrogens with zero attached hydrogens (tertiary/aromatic N) is 3. The van der Waals surface area contributed by atoms with Crippen LogP contribution in [0.4, 0.5) is 4.79 Å². The first kappa shape index (κ1) is 13.3. The van der Waals surface area contributed by atoms with Gasteiger partial charge in [0.1, 0.15) is 0 Å². The van der Waals surface area contributed by atoms with Gasteiger partial charge in [-0.1, -0.05) is 0 Å². The van der Waals surface area contributed by atoms with Crippen molar-refractivity contribution in [2.24, 2.45) is 0 Å². The first-order valence-electron chi connectivity index (χ1n) is 6.00. The van der Waals surface area contributed by atoms with Crippen LogP contribution in [0.1, 0.15) is 0 Å². The SMILES string of the molecule is O=C(O)C1CN(C(=O)NCCn2ccnc2)CCO1. The van der Waals surface area contributed by atoms with Gasteiger partial charge in [-0.2, -0.15) is 0 Å². The van der Waals surface area contributed by atoms with E-state index in [-0.39, 0.29) is 19.2 Å². The predicted octanol–water partition coefficient (Wildman–Crippen LogP) is -0.622. The highest BCUT2D eigenvalue weighted by Crippen LogP contribution is 2.05. The van der Waals surface area contributed by atoms with Crippen molar-refractivity contribution >= 4 is 12.0 Å². The van der Waals surface area contributed by atoms with E-state index in [4.69, 9.17) is 9.84 Å². The molecule has 2 amide bonds. The Kier molecular flexibility index (Phi) is 4.35. The fourth-order valence-electron chi connectivity index (χ4n) is 1.81. The van der Waals surface area contributed by atoms with Crippen molar-refractivity contribution in [1.29, 1.82) is 0 Å². The summed E-state index contributed by atoms with van der Waals surface area (Å²) >= 11 is 0. The number of ether oxygens (including phenoxy) is 1. The van der Waals surface area contributed by atoms with Crippen LogP contribution < -0.4 is 5.32 Å². The Morgan fingerprint density at radius 3 is 3.05 bits per heavy atom. The third-order valence-electron chi connectivity index (χ3n) is 2.83. The maximum Gasteiger partial charge on any atom is 0.334 e. The van der Waals surface area contributed by atoms with E-state index >= 15 is 0 Å². The van der Waals surface area contributed by atoms with E-state index in [1.807, 2.05) is 4.57 Å². The molecule has 1 aromatic rings. The van der Waals surface area contributed by atoms with E-state index in [0.717, 1.165) is 0 Å². The monoisotopic (exact) mass is 268 g/mol. The van der Waals surface area contributed by atoms with Crippen LogP contribution in [0.2, 0.25) is 0 Å². The summed E-state index contributed by atoms with van der Waals surface area (Å²) < 4.78 is 6.90. The Morgan fingerprint density at radius 1 is 1.53 bits per heavy atom. The number of amides is 2. The first-order chi connectivity index (χ1) is 9.16. The van der Waals surface area contributed by atoms with Gasteiger partial charge in [-0.3, -0.25) is 0 Å². The summed E-state index contributed by atoms with van der Waals surface area (Å²) in [6.07, 6.45) is 4.21. The average molecular weight is 268 g/mol. The van der Waals surface area contributed by atoms with Gasteiger partial charge >= 0.3 is 12.0 Å². The highest BCUT2D eigenvalue weighted by Gasteiger charge is 2.28. The number of carboxylic acids is 1. The van der Waals surface area contributed by atoms with Crippen molar-refractivity contribution in [2.75, 3.05) is 26.2 Å². The molecular weight excluding hydrogens is 252 g/mol. The summed E-state index contributed by atoms with van der Waals surface area (Å²) in [5, 5.41) is 11.6. The molecule has 104 valence electrons. The highest BCUT2D eigenvalue weighted by molar-refractivity contribution is 5.77. The molecule has 1 atom stereocenters. The standard InChI is InChI=1S/C11H16N4O4/c16-10(17)9-7-15(5-6-19-9)11(18)13-2-4-14-3-1-12-8-14/h1,3,8-9H,2,4-7H2,(H,13,18)(H,16,17). The van der Waals surface area contributed by atoms with Gasteiger partial charge in [0.05, 0.1) is 19.5 Å². The molecule has 1 aliphatic heterocycles. The van der Waals surface area contributed by atoms with Crippen molar-refractivity contribution < 1.29 is 19.4 Å². The van der Waals surface area contributed by atoms with Gasteiger partial charge in [-0.05, 0) is 0 Å². The predicted molar refractivity (Wildman–Crippen MR) is 64.6 cm³/mol. The number of hydrogen-bond acceptors (Lipinski definition) is 4. The van der Waals surface area contributed by atoms with Crippen LogP contribution in [0, 0.1) is 0 Å². The maximum absolute atomic E-state index is 11.8. The van der Waals surface area contributed by atoms with Crippen molar-refractivity contribution in [3.05, 3.63) is 18.7 Å². The lowest BCUT2D eigenvalue weighted by Crippen LogP contribution is -2.52. The van der Waals surface area contributed by atoms with Gasteiger partial charge in [0.15, 0.2) is 6.10 Å². The van der Waals surface area contributed by atoms with Crippen molar-refractivity contribution in [1.82, 2.24) is 19.8 Å². The molecule has 8 heteroatoms. The number of morpholine rings is 1. The van der Waals surface area contributed by atoms with Crippen molar-refractivity contribution in [3.8, 4) is 0 Å². The van der Waals surface area contributed by atoms with E-state index in [1.54, 1.807) is 18.7 Å². The van der Waals surface area contributed by atoms with E-state index in [0.29, 0.717) is 19.6 Å². The van der Waals surface area contributed by atoms with Crippen LogP contribution in [-0.2, 0) is 16.1 Å². The Balaban J connectivity index is 1.74. The largest absolute Gasteiger partial charge is 0.479 e. The Bertz CT molecular complexity index is 434. The zero-order valence-electron chi connectivity index (χ0n) is 10.4. The number of carbonyl (C=O) groups is 2. The zero-order chi connectivity index (χ0) is 13.7. The number of urea groups is 1. The molecule has 8 nitrogen and oxygen atoms in total. The molecule has 1 saturated heterocycles. The van der Waals surface area contributed by atoms with Gasteiger partial charge < -0.3 is 24.6 Å². The second kappa shape index (κ2) is 6.19. The van der Waals surface area contributed by atoms with E-state index in [2.05, 4.69) is 10.3 Å². The Labute approximate surface area is 110 Å². The summed E-state index contributed by atoms with van der Waals surface area (Å²) in [7, 11) is 0. The molecule has 0 aliphatic carbocycles. The quantitative estimate of drug-likeness (QED) is 0.758. The third kappa shape index (κ3) is 3.68. The molecular formula is C11H16N4O4. The fraction of sp³-hybridized carbons (Fsp3) is 0.545. The second-order valence-corrected chi connectivity index (χ2v) is 4.18. The van der Waals surface area contributed by atoms with Crippen molar-refractivity contribution in [2.45, 2.75) is 12.6 Å². The number of carbonyl (C=O) groups excluding carboxylic acids is 1. The molecule has 2 rings (SSSR count). The van der Waals surface area contributed by atoms with Gasteiger partial charge in [-0.25, -0.2) is 14.6 Å². The van der Waals surface area contributed by atoms with Crippen molar-refractivity contribution in [3.63, 3.8) is 0 Å². The van der Waals surface area contributed by atoms with Crippen LogP contribution in [0.5, 0.6) is 0 Å². The maximum atomic E-state index is 11.8. The minimum absolute atomic E-state index is 0.0756. The molecule has 0 bridgehead atoms. The fourth-order valence-corrected chi connectivity index (χ4v) is 1.81. The number of nitrogens with one attached hydrogen (secondary N) is 1. The van der Waals surface area contributed by atoms with E-state index in [1.165, 1.54) is 4.90 Å². The molecule has 0 radical (unpaired) electrons. The third-order valence-corrected chi connectivity index (χ3v) is 2.83. The van der Waals surface area contributed by atoms with E-state index < -0.39 is 12.1 Å². The number of imidazole rings is 1. The molecule has 0 spiro atoms. The second-order valence-electron chi connectivity index (χ2n) is 4.18. The summed E-state index contributed by atoms with van der Waals surface area (Å²) in [4.78, 5) is 28.0. The Morgan fingerprint density at radius 2 is 2.37 bits per heavy atom. The molecule has 1 aromatic heterocycles. The number of carboxylic acid groups (broad SMARTS) is 1. The molecule has 19 heavy (non-hydrogen) atoms. The average Bonchev–Trinajstić information content (AvgIpc) is 2.92. The molecule has 0 saturated carbocycles. The van der Waals surface area contributed by atoms with Crippen LogP contribution in [0.25, 0.3) is 0 Å². The molecule has 1 unspecified atom stereocenters. The minimum Gasteiger partial charge on any atom is -0.479 e.